The Balaban J connectivity index is 1.44. The van der Waals surface area contributed by atoms with Crippen LogP contribution >= 0.6 is 0 Å². The van der Waals surface area contributed by atoms with E-state index in [1.165, 1.54) is 0 Å². The predicted octanol–water partition coefficient (Wildman–Crippen LogP) is 4.84. The zero-order valence-corrected chi connectivity index (χ0v) is 18.4. The first-order chi connectivity index (χ1) is 14.8. The highest BCUT2D eigenvalue weighted by Crippen LogP contribution is 2.34. The summed E-state index contributed by atoms with van der Waals surface area (Å²) in [7, 11) is 0. The number of hydrogen-bond acceptors (Lipinski definition) is 5. The van der Waals surface area contributed by atoms with Crippen molar-refractivity contribution in [3.8, 4) is 17.0 Å². The molecule has 0 unspecified atom stereocenters. The van der Waals surface area contributed by atoms with Gasteiger partial charge in [0.15, 0.2) is 0 Å². The van der Waals surface area contributed by atoms with E-state index in [0.29, 0.717) is 31.4 Å². The third-order valence-corrected chi connectivity index (χ3v) is 5.48. The Morgan fingerprint density at radius 3 is 2.45 bits per heavy atom. The van der Waals surface area contributed by atoms with Gasteiger partial charge in [0, 0.05) is 24.7 Å². The van der Waals surface area contributed by atoms with Gasteiger partial charge >= 0.3 is 6.09 Å². The molecule has 7 nitrogen and oxygen atoms in total. The lowest BCUT2D eigenvalue weighted by Crippen LogP contribution is -2.42. The number of anilines is 1. The van der Waals surface area contributed by atoms with E-state index in [-0.39, 0.29) is 6.09 Å². The van der Waals surface area contributed by atoms with Crippen molar-refractivity contribution in [2.75, 3.05) is 25.4 Å². The Morgan fingerprint density at radius 2 is 1.84 bits per heavy atom. The average Bonchev–Trinajstić information content (AvgIpc) is 3.17. The van der Waals surface area contributed by atoms with E-state index in [2.05, 4.69) is 34.5 Å². The number of nitrogens with one attached hydrogen (secondary N) is 1. The molecule has 0 radical (unpaired) electrons. The number of carbonyl (C=O) groups excluding carboxylic acids is 1. The molecule has 2 aromatic carbocycles. The van der Waals surface area contributed by atoms with Gasteiger partial charge < -0.3 is 20.1 Å². The number of nitrogens with zero attached hydrogens (tertiary/aromatic N) is 2. The monoisotopic (exact) mass is 422 g/mol. The van der Waals surface area contributed by atoms with Crippen LogP contribution in [0.4, 0.5) is 10.6 Å². The summed E-state index contributed by atoms with van der Waals surface area (Å²) in [6.07, 6.45) is 1.54. The van der Waals surface area contributed by atoms with Gasteiger partial charge in [-0.1, -0.05) is 24.3 Å². The van der Waals surface area contributed by atoms with E-state index in [1.807, 2.05) is 39.0 Å². The molecule has 1 aliphatic heterocycles. The molecule has 0 aliphatic carbocycles. The topological polar surface area (TPSA) is 93.5 Å². The Bertz CT molecular complexity index is 1060. The molecule has 7 heteroatoms. The fourth-order valence-electron chi connectivity index (χ4n) is 3.84. The van der Waals surface area contributed by atoms with E-state index in [9.17, 15) is 4.79 Å². The first-order valence-corrected chi connectivity index (χ1v) is 10.7. The molecule has 1 aliphatic rings. The number of nitrogens with two attached hydrogens (primary N) is 1. The van der Waals surface area contributed by atoms with Gasteiger partial charge in [0.1, 0.15) is 17.2 Å². The minimum atomic E-state index is -0.473. The molecule has 0 spiro atoms. The van der Waals surface area contributed by atoms with Gasteiger partial charge in [0.2, 0.25) is 0 Å². The molecule has 0 saturated carbocycles. The van der Waals surface area contributed by atoms with Crippen LogP contribution in [0, 0.1) is 5.92 Å². The van der Waals surface area contributed by atoms with Crippen molar-refractivity contribution in [3.63, 3.8) is 0 Å². The van der Waals surface area contributed by atoms with Crippen LogP contribution in [-0.4, -0.2) is 46.5 Å². The smallest absolute Gasteiger partial charge is 0.410 e. The van der Waals surface area contributed by atoms with Crippen molar-refractivity contribution in [2.45, 2.75) is 39.2 Å². The predicted molar refractivity (Wildman–Crippen MR) is 122 cm³/mol. The SMILES string of the molecule is CC(C)(C)OC(=O)N1CCC(COc2cc3ccccc3cc2-c2cc(N)n[nH]2)CC1. The minimum absolute atomic E-state index is 0.236. The second-order valence-electron chi connectivity index (χ2n) is 9.12. The number of likely N-dealkylation sites (tertiary alicyclic amines) is 1. The molecule has 3 N–H and O–H groups in total. The summed E-state index contributed by atoms with van der Waals surface area (Å²) in [6, 6.07) is 14.2. The second kappa shape index (κ2) is 8.49. The van der Waals surface area contributed by atoms with Crippen LogP contribution in [0.5, 0.6) is 5.75 Å². The summed E-state index contributed by atoms with van der Waals surface area (Å²) >= 11 is 0. The normalized spacial score (nSPS) is 15.3. The number of piperidine rings is 1. The second-order valence-corrected chi connectivity index (χ2v) is 9.12. The molecule has 3 aromatic rings. The van der Waals surface area contributed by atoms with Crippen LogP contribution in [0.15, 0.2) is 42.5 Å². The highest BCUT2D eigenvalue weighted by molar-refractivity contribution is 5.90. The van der Waals surface area contributed by atoms with Gasteiger partial charge in [-0.05, 0) is 62.4 Å². The van der Waals surface area contributed by atoms with Crippen molar-refractivity contribution in [2.24, 2.45) is 5.92 Å². The number of amides is 1. The molecule has 31 heavy (non-hydrogen) atoms. The van der Waals surface area contributed by atoms with Gasteiger partial charge in [-0.25, -0.2) is 4.79 Å². The molecule has 1 aromatic heterocycles. The Kier molecular flexibility index (Phi) is 5.76. The zero-order chi connectivity index (χ0) is 22.0. The molecule has 1 amide bonds. The van der Waals surface area contributed by atoms with Crippen LogP contribution < -0.4 is 10.5 Å². The summed E-state index contributed by atoms with van der Waals surface area (Å²) in [4.78, 5) is 14.1. The first kappa shape index (κ1) is 21.0. The number of hydrogen-bond donors (Lipinski definition) is 2. The number of nitrogen functional groups attached to an aromatic ring is 1. The lowest BCUT2D eigenvalue weighted by Gasteiger charge is -2.33. The number of aromatic nitrogens is 2. The van der Waals surface area contributed by atoms with Crippen molar-refractivity contribution in [3.05, 3.63) is 42.5 Å². The molecule has 164 valence electrons. The van der Waals surface area contributed by atoms with Crippen LogP contribution in [-0.2, 0) is 4.74 Å². The number of benzene rings is 2. The largest absolute Gasteiger partial charge is 0.493 e. The Labute approximate surface area is 182 Å². The summed E-state index contributed by atoms with van der Waals surface area (Å²) < 4.78 is 11.8. The third-order valence-electron chi connectivity index (χ3n) is 5.48. The summed E-state index contributed by atoms with van der Waals surface area (Å²) in [6.45, 7) is 7.63. The highest BCUT2D eigenvalue weighted by Gasteiger charge is 2.27. The molecular formula is C24H30N4O3. The number of ether oxygens (including phenoxy) is 2. The Hall–Kier alpha value is -3.22. The number of H-pyrrole nitrogens is 1. The molecular weight excluding hydrogens is 392 g/mol. The lowest BCUT2D eigenvalue weighted by molar-refractivity contribution is 0.0165. The van der Waals surface area contributed by atoms with Crippen LogP contribution in [0.1, 0.15) is 33.6 Å². The maximum Gasteiger partial charge on any atom is 0.410 e. The summed E-state index contributed by atoms with van der Waals surface area (Å²) in [5.41, 5.74) is 7.12. The number of carbonyl (C=O) groups is 1. The van der Waals surface area contributed by atoms with E-state index in [1.54, 1.807) is 4.90 Å². The quantitative estimate of drug-likeness (QED) is 0.628. The van der Waals surface area contributed by atoms with Crippen molar-refractivity contribution >= 4 is 22.7 Å². The number of fused-ring (bicyclic) bond motifs is 1. The maximum atomic E-state index is 12.3. The molecule has 1 fully saturated rings. The zero-order valence-electron chi connectivity index (χ0n) is 18.4. The van der Waals surface area contributed by atoms with Gasteiger partial charge in [-0.15, -0.1) is 0 Å². The average molecular weight is 423 g/mol. The van der Waals surface area contributed by atoms with Gasteiger partial charge in [-0.3, -0.25) is 5.10 Å². The van der Waals surface area contributed by atoms with E-state index in [4.69, 9.17) is 15.2 Å². The molecule has 1 saturated heterocycles. The third kappa shape index (κ3) is 5.10. The summed E-state index contributed by atoms with van der Waals surface area (Å²) in [5.74, 6) is 1.63. The standard InChI is InChI=1S/C24H30N4O3/c1-24(2,3)31-23(29)28-10-8-16(9-11-28)15-30-21-13-18-7-5-4-6-17(18)12-19(21)20-14-22(25)27-26-20/h4-7,12-14,16H,8-11,15H2,1-3H3,(H3,25,26,27). The highest BCUT2D eigenvalue weighted by atomic mass is 16.6. The fourth-order valence-corrected chi connectivity index (χ4v) is 3.84. The van der Waals surface area contributed by atoms with E-state index < -0.39 is 5.60 Å². The van der Waals surface area contributed by atoms with Crippen LogP contribution in [0.3, 0.4) is 0 Å². The molecule has 2 heterocycles. The molecule has 4 rings (SSSR count). The first-order valence-electron chi connectivity index (χ1n) is 10.7. The maximum absolute atomic E-state index is 12.3. The van der Waals surface area contributed by atoms with Gasteiger partial charge in [-0.2, -0.15) is 5.10 Å². The van der Waals surface area contributed by atoms with Crippen molar-refractivity contribution < 1.29 is 14.3 Å². The summed E-state index contributed by atoms with van der Waals surface area (Å²) in [5, 5.41) is 9.30. The molecule has 0 atom stereocenters. The van der Waals surface area contributed by atoms with Gasteiger partial charge in [0.05, 0.1) is 12.3 Å². The minimum Gasteiger partial charge on any atom is -0.493 e. The Morgan fingerprint density at radius 1 is 1.16 bits per heavy atom. The lowest BCUT2D eigenvalue weighted by atomic mass is 9.98. The van der Waals surface area contributed by atoms with Crippen LogP contribution in [0.25, 0.3) is 22.0 Å². The molecule has 0 bridgehead atoms. The fraction of sp³-hybridized carbons (Fsp3) is 0.417. The van der Waals surface area contributed by atoms with Crippen LogP contribution in [0.2, 0.25) is 0 Å². The van der Waals surface area contributed by atoms with Gasteiger partial charge in [0.25, 0.3) is 0 Å². The van der Waals surface area contributed by atoms with Crippen molar-refractivity contribution in [1.82, 2.24) is 15.1 Å². The number of aromatic amines is 1. The van der Waals surface area contributed by atoms with E-state index in [0.717, 1.165) is 40.6 Å². The van der Waals surface area contributed by atoms with Crippen molar-refractivity contribution in [1.29, 1.82) is 0 Å². The number of rotatable bonds is 4. The van der Waals surface area contributed by atoms with E-state index >= 15 is 0 Å².